The highest BCUT2D eigenvalue weighted by Crippen LogP contribution is 2.44. The van der Waals surface area contributed by atoms with E-state index in [2.05, 4.69) is 9.71 Å². The standard InChI is InChI=1S/C25H27FN4O5S/c1-4-35-21-8-5-7-20-19(21)15-30(14-16-11-17(26)13-18(12-16)34-3)25(20,2)24(31)29-36(32,33)23-10-6-9-22(27)28-23/h5-13H,4,14-15H2,1-3H3,(H2,27,28)(H,29,31). The van der Waals surface area contributed by atoms with Crippen molar-refractivity contribution < 1.29 is 27.1 Å². The molecule has 1 amide bonds. The van der Waals surface area contributed by atoms with Gasteiger partial charge in [0.25, 0.3) is 15.9 Å². The number of pyridine rings is 1. The zero-order chi connectivity index (χ0) is 26.1. The number of carbonyl (C=O) groups is 1. The quantitative estimate of drug-likeness (QED) is 0.470. The monoisotopic (exact) mass is 514 g/mol. The Labute approximate surface area is 209 Å². The van der Waals surface area contributed by atoms with E-state index < -0.39 is 27.3 Å². The van der Waals surface area contributed by atoms with Crippen molar-refractivity contribution in [2.45, 2.75) is 37.5 Å². The Balaban J connectivity index is 1.76. The first kappa shape index (κ1) is 25.4. The van der Waals surface area contributed by atoms with E-state index in [0.717, 1.165) is 5.56 Å². The zero-order valence-corrected chi connectivity index (χ0v) is 20.9. The maximum atomic E-state index is 14.2. The molecule has 1 aliphatic rings. The molecule has 190 valence electrons. The van der Waals surface area contributed by atoms with Crippen molar-refractivity contribution in [3.8, 4) is 11.5 Å². The number of nitrogen functional groups attached to an aromatic ring is 1. The normalized spacial score (nSPS) is 17.4. The summed E-state index contributed by atoms with van der Waals surface area (Å²) in [6.45, 7) is 4.29. The average molecular weight is 515 g/mol. The third kappa shape index (κ3) is 4.71. The number of sulfonamides is 1. The van der Waals surface area contributed by atoms with Gasteiger partial charge >= 0.3 is 0 Å². The largest absolute Gasteiger partial charge is 0.497 e. The van der Waals surface area contributed by atoms with Gasteiger partial charge in [0.1, 0.15) is 28.7 Å². The number of amides is 1. The predicted octanol–water partition coefficient (Wildman–Crippen LogP) is 2.95. The summed E-state index contributed by atoms with van der Waals surface area (Å²) in [6.07, 6.45) is 0. The molecule has 0 saturated carbocycles. The summed E-state index contributed by atoms with van der Waals surface area (Å²) < 4.78 is 53.4. The first-order valence-corrected chi connectivity index (χ1v) is 12.7. The molecule has 0 bridgehead atoms. The lowest BCUT2D eigenvalue weighted by molar-refractivity contribution is -0.131. The summed E-state index contributed by atoms with van der Waals surface area (Å²) in [5.41, 5.74) is 6.09. The molecule has 2 aromatic carbocycles. The van der Waals surface area contributed by atoms with Crippen LogP contribution in [-0.2, 0) is 33.4 Å². The Morgan fingerprint density at radius 3 is 2.67 bits per heavy atom. The molecule has 9 nitrogen and oxygen atoms in total. The third-order valence-electron chi connectivity index (χ3n) is 6.17. The van der Waals surface area contributed by atoms with Crippen LogP contribution in [0, 0.1) is 5.82 Å². The number of nitrogens with one attached hydrogen (secondary N) is 1. The number of anilines is 1. The van der Waals surface area contributed by atoms with Crippen LogP contribution in [0.1, 0.15) is 30.5 Å². The van der Waals surface area contributed by atoms with Gasteiger partial charge in [-0.3, -0.25) is 9.69 Å². The van der Waals surface area contributed by atoms with Gasteiger partial charge in [0.15, 0.2) is 5.03 Å². The second-order valence-electron chi connectivity index (χ2n) is 8.48. The predicted molar refractivity (Wildman–Crippen MR) is 131 cm³/mol. The van der Waals surface area contributed by atoms with E-state index in [0.29, 0.717) is 29.2 Å². The molecule has 0 aliphatic carbocycles. The van der Waals surface area contributed by atoms with Crippen molar-refractivity contribution >= 4 is 21.7 Å². The fraction of sp³-hybridized carbons (Fsp3) is 0.280. The second kappa shape index (κ2) is 9.75. The number of nitrogens with zero attached hydrogens (tertiary/aromatic N) is 2. The van der Waals surface area contributed by atoms with Crippen molar-refractivity contribution in [3.63, 3.8) is 0 Å². The summed E-state index contributed by atoms with van der Waals surface area (Å²) in [4.78, 5) is 19.3. The Kier molecular flexibility index (Phi) is 6.87. The van der Waals surface area contributed by atoms with Gasteiger partial charge in [-0.1, -0.05) is 18.2 Å². The fourth-order valence-corrected chi connectivity index (χ4v) is 5.41. The fourth-order valence-electron chi connectivity index (χ4n) is 4.38. The molecular weight excluding hydrogens is 487 g/mol. The number of methoxy groups -OCH3 is 1. The minimum Gasteiger partial charge on any atom is -0.497 e. The molecule has 3 aromatic rings. The number of aromatic nitrogens is 1. The summed E-state index contributed by atoms with van der Waals surface area (Å²) in [5, 5.41) is -0.373. The van der Waals surface area contributed by atoms with E-state index in [1.807, 2.05) is 6.92 Å². The van der Waals surface area contributed by atoms with E-state index in [1.54, 1.807) is 36.1 Å². The van der Waals surface area contributed by atoms with Crippen molar-refractivity contribution in [2.24, 2.45) is 0 Å². The molecule has 11 heteroatoms. The van der Waals surface area contributed by atoms with Crippen LogP contribution in [0.5, 0.6) is 11.5 Å². The topological polar surface area (TPSA) is 124 Å². The van der Waals surface area contributed by atoms with Crippen molar-refractivity contribution in [3.05, 3.63) is 77.1 Å². The van der Waals surface area contributed by atoms with Gasteiger partial charge in [0, 0.05) is 24.7 Å². The minimum absolute atomic E-state index is 0.00535. The number of rotatable bonds is 8. The number of fused-ring (bicyclic) bond motifs is 1. The number of carbonyl (C=O) groups excluding carboxylic acids is 1. The lowest BCUT2D eigenvalue weighted by atomic mass is 9.90. The summed E-state index contributed by atoms with van der Waals surface area (Å²) in [5.74, 6) is -0.349. The maximum absolute atomic E-state index is 14.2. The maximum Gasteiger partial charge on any atom is 0.281 e. The van der Waals surface area contributed by atoms with Crippen molar-refractivity contribution in [2.75, 3.05) is 19.5 Å². The molecule has 2 heterocycles. The smallest absolute Gasteiger partial charge is 0.281 e. The molecule has 4 rings (SSSR count). The Morgan fingerprint density at radius 1 is 1.22 bits per heavy atom. The van der Waals surface area contributed by atoms with Gasteiger partial charge in [0.05, 0.1) is 13.7 Å². The van der Waals surface area contributed by atoms with Crippen LogP contribution in [-0.4, -0.2) is 37.9 Å². The van der Waals surface area contributed by atoms with Crippen molar-refractivity contribution in [1.29, 1.82) is 0 Å². The van der Waals surface area contributed by atoms with Gasteiger partial charge in [-0.25, -0.2) is 14.1 Å². The van der Waals surface area contributed by atoms with E-state index in [1.165, 1.54) is 37.4 Å². The minimum atomic E-state index is -4.32. The Bertz CT molecular complexity index is 1420. The van der Waals surface area contributed by atoms with Crippen LogP contribution < -0.4 is 19.9 Å². The number of hydrogen-bond acceptors (Lipinski definition) is 8. The highest BCUT2D eigenvalue weighted by atomic mass is 32.2. The number of benzene rings is 2. The van der Waals surface area contributed by atoms with Crippen molar-refractivity contribution in [1.82, 2.24) is 14.6 Å². The van der Waals surface area contributed by atoms with Crippen LogP contribution in [0.15, 0.2) is 59.6 Å². The van der Waals surface area contributed by atoms with Gasteiger partial charge in [-0.2, -0.15) is 8.42 Å². The van der Waals surface area contributed by atoms with Gasteiger partial charge in [-0.15, -0.1) is 0 Å². The van der Waals surface area contributed by atoms with E-state index in [9.17, 15) is 17.6 Å². The molecule has 1 unspecified atom stereocenters. The molecule has 1 atom stereocenters. The Hall–Kier alpha value is -3.70. The molecule has 3 N–H and O–H groups in total. The molecule has 0 saturated heterocycles. The lowest BCUT2D eigenvalue weighted by Gasteiger charge is -2.34. The van der Waals surface area contributed by atoms with Crippen LogP contribution in [0.3, 0.4) is 0 Å². The SMILES string of the molecule is CCOc1cccc2c1CN(Cc1cc(F)cc(OC)c1)C2(C)C(=O)NS(=O)(=O)c1cccc(N)n1. The van der Waals surface area contributed by atoms with Crippen LogP contribution in [0.4, 0.5) is 10.2 Å². The van der Waals surface area contributed by atoms with E-state index in [4.69, 9.17) is 15.2 Å². The number of nitrogens with two attached hydrogens (primary N) is 1. The zero-order valence-electron chi connectivity index (χ0n) is 20.1. The molecule has 1 aromatic heterocycles. The molecule has 36 heavy (non-hydrogen) atoms. The number of ether oxygens (including phenoxy) is 2. The number of hydrogen-bond donors (Lipinski definition) is 2. The van der Waals surface area contributed by atoms with E-state index >= 15 is 0 Å². The molecule has 1 aliphatic heterocycles. The van der Waals surface area contributed by atoms with E-state index in [-0.39, 0.29) is 23.9 Å². The van der Waals surface area contributed by atoms with Gasteiger partial charge in [0.2, 0.25) is 0 Å². The molecular formula is C25H27FN4O5S. The first-order valence-electron chi connectivity index (χ1n) is 11.2. The Morgan fingerprint density at radius 2 is 1.97 bits per heavy atom. The highest BCUT2D eigenvalue weighted by molar-refractivity contribution is 7.90. The van der Waals surface area contributed by atoms with Gasteiger partial charge in [-0.05, 0) is 55.3 Å². The van der Waals surface area contributed by atoms with Gasteiger partial charge < -0.3 is 15.2 Å². The molecule has 0 spiro atoms. The second-order valence-corrected chi connectivity index (χ2v) is 10.1. The van der Waals surface area contributed by atoms with Crippen LogP contribution >= 0.6 is 0 Å². The number of halogens is 1. The lowest BCUT2D eigenvalue weighted by Crippen LogP contribution is -2.52. The summed E-state index contributed by atoms with van der Waals surface area (Å²) >= 11 is 0. The first-order chi connectivity index (χ1) is 17.1. The summed E-state index contributed by atoms with van der Waals surface area (Å²) in [6, 6.07) is 13.7. The highest BCUT2D eigenvalue weighted by Gasteiger charge is 2.49. The third-order valence-corrected chi connectivity index (χ3v) is 7.40. The van der Waals surface area contributed by atoms with Crippen LogP contribution in [0.2, 0.25) is 0 Å². The van der Waals surface area contributed by atoms with Crippen LogP contribution in [0.25, 0.3) is 0 Å². The molecule has 0 radical (unpaired) electrons. The average Bonchev–Trinajstić information content (AvgIpc) is 3.12. The summed E-state index contributed by atoms with van der Waals surface area (Å²) in [7, 11) is -2.89. The molecule has 0 fully saturated rings.